The first-order valence-electron chi connectivity index (χ1n) is 8.51. The maximum absolute atomic E-state index is 11.9. The maximum atomic E-state index is 11.9. The van der Waals surface area contributed by atoms with Gasteiger partial charge in [0.2, 0.25) is 11.8 Å². The molecule has 2 rings (SSSR count). The lowest BCUT2D eigenvalue weighted by Gasteiger charge is -2.07. The number of methoxy groups -OCH3 is 2. The van der Waals surface area contributed by atoms with Crippen molar-refractivity contribution in [3.8, 4) is 11.5 Å². The van der Waals surface area contributed by atoms with Gasteiger partial charge in [0.1, 0.15) is 0 Å². The normalized spacial score (nSPS) is 10.4. The second-order valence-electron chi connectivity index (χ2n) is 5.76. The van der Waals surface area contributed by atoms with Gasteiger partial charge in [-0.05, 0) is 35.9 Å². The minimum atomic E-state index is -0.529. The molecule has 2 amide bonds. The van der Waals surface area contributed by atoms with Crippen LogP contribution in [0.3, 0.4) is 0 Å². The van der Waals surface area contributed by atoms with Crippen LogP contribution in [0.1, 0.15) is 18.4 Å². The fraction of sp³-hybridized carbons (Fsp3) is 0.211. The Bertz CT molecular complexity index is 911. The van der Waals surface area contributed by atoms with E-state index in [4.69, 9.17) is 9.47 Å². The summed E-state index contributed by atoms with van der Waals surface area (Å²) in [5.74, 6) is 0.289. The van der Waals surface area contributed by atoms with Crippen molar-refractivity contribution in [2.24, 2.45) is 5.10 Å². The molecule has 0 aliphatic rings. The molecule has 0 fully saturated rings. The Balaban J connectivity index is 1.78. The minimum Gasteiger partial charge on any atom is -0.493 e. The predicted molar refractivity (Wildman–Crippen MR) is 106 cm³/mol. The van der Waals surface area contributed by atoms with Crippen LogP contribution >= 0.6 is 0 Å². The maximum Gasteiger partial charge on any atom is 0.269 e. The number of nitro benzene ring substituents is 1. The molecule has 0 heterocycles. The SMILES string of the molecule is COc1ccc(C=NNC(=O)CCC(=O)Nc2ccc([N+](=O)[O-])cc2)cc1OC. The van der Waals surface area contributed by atoms with Crippen molar-refractivity contribution in [2.45, 2.75) is 12.8 Å². The number of nitrogens with one attached hydrogen (secondary N) is 2. The highest BCUT2D eigenvalue weighted by Gasteiger charge is 2.09. The summed E-state index contributed by atoms with van der Waals surface area (Å²) >= 11 is 0. The van der Waals surface area contributed by atoms with Gasteiger partial charge in [0.25, 0.3) is 5.69 Å². The number of hydrogen-bond donors (Lipinski definition) is 2. The van der Waals surface area contributed by atoms with Gasteiger partial charge in [-0.1, -0.05) is 0 Å². The number of ether oxygens (including phenoxy) is 2. The van der Waals surface area contributed by atoms with Crippen molar-refractivity contribution in [3.63, 3.8) is 0 Å². The number of carbonyl (C=O) groups excluding carboxylic acids is 2. The van der Waals surface area contributed by atoms with Gasteiger partial charge < -0.3 is 14.8 Å². The van der Waals surface area contributed by atoms with Crippen LogP contribution < -0.4 is 20.2 Å². The van der Waals surface area contributed by atoms with Crippen molar-refractivity contribution in [1.82, 2.24) is 5.43 Å². The Morgan fingerprint density at radius 3 is 2.31 bits per heavy atom. The van der Waals surface area contributed by atoms with Crippen LogP contribution in [-0.4, -0.2) is 37.2 Å². The lowest BCUT2D eigenvalue weighted by atomic mass is 10.2. The first-order valence-corrected chi connectivity index (χ1v) is 8.51. The Morgan fingerprint density at radius 1 is 1.03 bits per heavy atom. The number of hydrogen-bond acceptors (Lipinski definition) is 7. The van der Waals surface area contributed by atoms with E-state index < -0.39 is 16.7 Å². The number of non-ortho nitro benzene ring substituents is 1. The van der Waals surface area contributed by atoms with Gasteiger partial charge in [-0.2, -0.15) is 5.10 Å². The summed E-state index contributed by atoms with van der Waals surface area (Å²) in [6, 6.07) is 10.6. The molecule has 29 heavy (non-hydrogen) atoms. The van der Waals surface area contributed by atoms with Crippen LogP contribution in [0.4, 0.5) is 11.4 Å². The standard InChI is InChI=1S/C19H20N4O6/c1-28-16-8-3-13(11-17(16)29-2)12-20-22-19(25)10-9-18(24)21-14-4-6-15(7-5-14)23(26)27/h3-8,11-12H,9-10H2,1-2H3,(H,21,24)(H,22,25). The van der Waals surface area contributed by atoms with Gasteiger partial charge in [0.15, 0.2) is 11.5 Å². The number of rotatable bonds is 9. The molecule has 0 saturated carbocycles. The quantitative estimate of drug-likeness (QED) is 0.377. The van der Waals surface area contributed by atoms with Gasteiger partial charge in [0.05, 0.1) is 25.4 Å². The number of nitrogens with zero attached hydrogens (tertiary/aromatic N) is 2. The third-order valence-corrected chi connectivity index (χ3v) is 3.75. The van der Waals surface area contributed by atoms with Crippen molar-refractivity contribution in [2.75, 3.05) is 19.5 Å². The number of nitro groups is 1. The Hall–Kier alpha value is -3.95. The molecule has 0 atom stereocenters. The lowest BCUT2D eigenvalue weighted by Crippen LogP contribution is -2.20. The summed E-state index contributed by atoms with van der Waals surface area (Å²) in [6.07, 6.45) is 1.31. The van der Waals surface area contributed by atoms with Gasteiger partial charge in [0, 0.05) is 30.7 Å². The number of hydrazone groups is 1. The molecule has 0 spiro atoms. The topological polar surface area (TPSA) is 132 Å². The molecule has 0 radical (unpaired) electrons. The van der Waals surface area contributed by atoms with Gasteiger partial charge in [-0.15, -0.1) is 0 Å². The highest BCUT2D eigenvalue weighted by Crippen LogP contribution is 2.26. The number of anilines is 1. The molecule has 2 N–H and O–H groups in total. The fourth-order valence-electron chi connectivity index (χ4n) is 2.28. The average Bonchev–Trinajstić information content (AvgIpc) is 2.72. The summed E-state index contributed by atoms with van der Waals surface area (Å²) in [7, 11) is 3.05. The van der Waals surface area contributed by atoms with Gasteiger partial charge >= 0.3 is 0 Å². The monoisotopic (exact) mass is 400 g/mol. The molecule has 2 aromatic carbocycles. The number of amides is 2. The summed E-state index contributed by atoms with van der Waals surface area (Å²) in [5.41, 5.74) is 3.37. The van der Waals surface area contributed by atoms with Gasteiger partial charge in [-0.3, -0.25) is 19.7 Å². The molecule has 0 aliphatic carbocycles. The van der Waals surface area contributed by atoms with Crippen LogP contribution in [0.5, 0.6) is 11.5 Å². The lowest BCUT2D eigenvalue weighted by molar-refractivity contribution is -0.384. The molecular weight excluding hydrogens is 380 g/mol. The van der Waals surface area contributed by atoms with E-state index in [0.29, 0.717) is 22.7 Å². The summed E-state index contributed by atoms with van der Waals surface area (Å²) in [6.45, 7) is 0. The minimum absolute atomic E-state index is 0.0608. The van der Waals surface area contributed by atoms with Crippen LogP contribution in [0.15, 0.2) is 47.6 Å². The predicted octanol–water partition coefficient (Wildman–Crippen LogP) is 2.48. The van der Waals surface area contributed by atoms with E-state index in [9.17, 15) is 19.7 Å². The number of benzene rings is 2. The largest absolute Gasteiger partial charge is 0.493 e. The van der Waals surface area contributed by atoms with E-state index in [-0.39, 0.29) is 18.5 Å². The van der Waals surface area contributed by atoms with Crippen molar-refractivity contribution < 1.29 is 24.0 Å². The second kappa shape index (κ2) is 10.4. The highest BCUT2D eigenvalue weighted by atomic mass is 16.6. The van der Waals surface area contributed by atoms with Crippen LogP contribution in [-0.2, 0) is 9.59 Å². The molecule has 0 bridgehead atoms. The third kappa shape index (κ3) is 6.61. The zero-order chi connectivity index (χ0) is 21.2. The smallest absolute Gasteiger partial charge is 0.269 e. The molecule has 0 aromatic heterocycles. The van der Waals surface area contributed by atoms with Crippen LogP contribution in [0, 0.1) is 10.1 Å². The molecule has 2 aromatic rings. The van der Waals surface area contributed by atoms with Crippen molar-refractivity contribution in [1.29, 1.82) is 0 Å². The van der Waals surface area contributed by atoms with Crippen molar-refractivity contribution >= 4 is 29.4 Å². The molecule has 0 unspecified atom stereocenters. The van der Waals surface area contributed by atoms with Crippen LogP contribution in [0.25, 0.3) is 0 Å². The molecule has 0 aliphatic heterocycles. The fourth-order valence-corrected chi connectivity index (χ4v) is 2.28. The first kappa shape index (κ1) is 21.4. The van der Waals surface area contributed by atoms with Gasteiger partial charge in [-0.25, -0.2) is 5.43 Å². The molecular formula is C19H20N4O6. The zero-order valence-electron chi connectivity index (χ0n) is 15.9. The highest BCUT2D eigenvalue weighted by molar-refractivity contribution is 5.93. The second-order valence-corrected chi connectivity index (χ2v) is 5.76. The number of carbonyl (C=O) groups is 2. The molecule has 0 saturated heterocycles. The third-order valence-electron chi connectivity index (χ3n) is 3.75. The Morgan fingerprint density at radius 2 is 1.69 bits per heavy atom. The van der Waals surface area contributed by atoms with E-state index in [1.807, 2.05) is 0 Å². The molecule has 152 valence electrons. The van der Waals surface area contributed by atoms with E-state index in [1.165, 1.54) is 44.7 Å². The van der Waals surface area contributed by atoms with E-state index >= 15 is 0 Å². The summed E-state index contributed by atoms with van der Waals surface area (Å²) in [5, 5.41) is 17.0. The van der Waals surface area contributed by atoms with E-state index in [0.717, 1.165) is 0 Å². The Kier molecular flexibility index (Phi) is 7.66. The summed E-state index contributed by atoms with van der Waals surface area (Å²) in [4.78, 5) is 33.8. The van der Waals surface area contributed by atoms with E-state index in [2.05, 4.69) is 15.8 Å². The zero-order valence-corrected chi connectivity index (χ0v) is 15.9. The average molecular weight is 400 g/mol. The van der Waals surface area contributed by atoms with Crippen LogP contribution in [0.2, 0.25) is 0 Å². The Labute approximate surface area is 166 Å². The summed E-state index contributed by atoms with van der Waals surface area (Å²) < 4.78 is 10.3. The first-order chi connectivity index (χ1) is 13.9. The molecule has 10 nitrogen and oxygen atoms in total. The van der Waals surface area contributed by atoms with E-state index in [1.54, 1.807) is 18.2 Å². The molecule has 10 heteroatoms. The van der Waals surface area contributed by atoms with Crippen molar-refractivity contribution in [3.05, 3.63) is 58.1 Å².